The van der Waals surface area contributed by atoms with Crippen molar-refractivity contribution < 1.29 is 19.4 Å². The molecule has 30 heavy (non-hydrogen) atoms. The van der Waals surface area contributed by atoms with E-state index in [1.165, 1.54) is 11.3 Å². The van der Waals surface area contributed by atoms with E-state index in [1.807, 2.05) is 24.4 Å². The Morgan fingerprint density at radius 3 is 2.57 bits per heavy atom. The highest BCUT2D eigenvalue weighted by Crippen LogP contribution is 2.41. The highest BCUT2D eigenvalue weighted by atomic mass is 32.1. The molecule has 1 amide bonds. The zero-order valence-corrected chi connectivity index (χ0v) is 18.4. The summed E-state index contributed by atoms with van der Waals surface area (Å²) in [5.74, 6) is -0.779. The number of likely N-dealkylation sites (N-methyl/N-ethyl adjacent to an activating group) is 1. The number of hydrogen-bond donors (Lipinski definition) is 1. The lowest BCUT2D eigenvalue weighted by molar-refractivity contribution is -0.140. The standard InChI is InChI=1S/C23H28N2O4S/c1-4-24(5-2)12-13-25-20(18-11-8-14-30-18)19(22(27)23(25)28)21(26)16-9-7-10-17(15-16)29-6-3/h7-11,14-15,20,26H,4-6,12-13H2,1-3H3/b21-19+. The molecule has 1 aliphatic rings. The van der Waals surface area contributed by atoms with Gasteiger partial charge in [-0.2, -0.15) is 0 Å². The first-order valence-corrected chi connectivity index (χ1v) is 11.2. The van der Waals surface area contributed by atoms with Gasteiger partial charge in [0.15, 0.2) is 0 Å². The molecule has 1 atom stereocenters. The maximum atomic E-state index is 13.0. The second kappa shape index (κ2) is 9.91. The Morgan fingerprint density at radius 2 is 1.93 bits per heavy atom. The number of aliphatic hydroxyl groups excluding tert-OH is 1. The van der Waals surface area contributed by atoms with Gasteiger partial charge in [0.2, 0.25) is 0 Å². The third-order valence-electron chi connectivity index (χ3n) is 5.32. The van der Waals surface area contributed by atoms with Gasteiger partial charge in [0, 0.05) is 23.5 Å². The van der Waals surface area contributed by atoms with Crippen molar-refractivity contribution in [2.24, 2.45) is 0 Å². The Balaban J connectivity index is 2.03. The number of thiophene rings is 1. The first kappa shape index (κ1) is 22.1. The molecular weight excluding hydrogens is 400 g/mol. The quantitative estimate of drug-likeness (QED) is 0.373. The minimum absolute atomic E-state index is 0.135. The molecule has 1 fully saturated rings. The summed E-state index contributed by atoms with van der Waals surface area (Å²) in [6.07, 6.45) is 0. The van der Waals surface area contributed by atoms with Gasteiger partial charge in [0.05, 0.1) is 18.2 Å². The fourth-order valence-electron chi connectivity index (χ4n) is 3.70. The highest BCUT2D eigenvalue weighted by molar-refractivity contribution is 7.10. The summed E-state index contributed by atoms with van der Waals surface area (Å²) in [4.78, 5) is 30.5. The molecule has 0 bridgehead atoms. The summed E-state index contributed by atoms with van der Waals surface area (Å²) in [5.41, 5.74) is 0.597. The summed E-state index contributed by atoms with van der Waals surface area (Å²) < 4.78 is 5.52. The number of rotatable bonds is 9. The van der Waals surface area contributed by atoms with E-state index in [1.54, 1.807) is 29.2 Å². The van der Waals surface area contributed by atoms with Gasteiger partial charge < -0.3 is 19.6 Å². The Bertz CT molecular complexity index is 919. The van der Waals surface area contributed by atoms with Crippen molar-refractivity contribution >= 4 is 28.8 Å². The second-order valence-electron chi connectivity index (χ2n) is 7.00. The molecule has 0 radical (unpaired) electrons. The van der Waals surface area contributed by atoms with Crippen LogP contribution in [0.15, 0.2) is 47.4 Å². The first-order valence-electron chi connectivity index (χ1n) is 10.3. The van der Waals surface area contributed by atoms with Gasteiger partial charge >= 0.3 is 0 Å². The van der Waals surface area contributed by atoms with Gasteiger partial charge in [-0.3, -0.25) is 9.59 Å². The van der Waals surface area contributed by atoms with Gasteiger partial charge in [-0.05, 0) is 43.6 Å². The van der Waals surface area contributed by atoms with Gasteiger partial charge in [0.25, 0.3) is 11.7 Å². The Labute approximate surface area is 181 Å². The van der Waals surface area contributed by atoms with Crippen LogP contribution in [0.3, 0.4) is 0 Å². The molecule has 160 valence electrons. The van der Waals surface area contributed by atoms with E-state index in [0.29, 0.717) is 31.0 Å². The van der Waals surface area contributed by atoms with Gasteiger partial charge in [-0.25, -0.2) is 0 Å². The van der Waals surface area contributed by atoms with Crippen LogP contribution in [0, 0.1) is 0 Å². The molecule has 0 saturated carbocycles. The summed E-state index contributed by atoms with van der Waals surface area (Å²) >= 11 is 1.47. The molecule has 2 heterocycles. The summed E-state index contributed by atoms with van der Waals surface area (Å²) in [6.45, 7) is 9.34. The molecule has 1 aliphatic heterocycles. The first-order chi connectivity index (χ1) is 14.5. The molecule has 0 spiro atoms. The Hall–Kier alpha value is -2.64. The van der Waals surface area contributed by atoms with Crippen molar-refractivity contribution in [1.29, 1.82) is 0 Å². The number of benzene rings is 1. The highest BCUT2D eigenvalue weighted by Gasteiger charge is 2.46. The zero-order valence-electron chi connectivity index (χ0n) is 17.6. The normalized spacial score (nSPS) is 18.4. The molecule has 0 aliphatic carbocycles. The van der Waals surface area contributed by atoms with Crippen molar-refractivity contribution in [2.45, 2.75) is 26.8 Å². The average Bonchev–Trinajstić information content (AvgIpc) is 3.37. The third-order valence-corrected chi connectivity index (χ3v) is 6.25. The molecular formula is C23H28N2O4S. The van der Waals surface area contributed by atoms with Crippen LogP contribution < -0.4 is 4.74 Å². The number of carbonyl (C=O) groups is 2. The van der Waals surface area contributed by atoms with Crippen LogP contribution >= 0.6 is 11.3 Å². The summed E-state index contributed by atoms with van der Waals surface area (Å²) in [7, 11) is 0. The molecule has 1 aromatic carbocycles. The van der Waals surface area contributed by atoms with Crippen LogP contribution in [0.2, 0.25) is 0 Å². The van der Waals surface area contributed by atoms with Crippen LogP contribution in [-0.4, -0.2) is 59.4 Å². The predicted molar refractivity (Wildman–Crippen MR) is 119 cm³/mol. The number of aliphatic hydroxyl groups is 1. The fraction of sp³-hybridized carbons (Fsp3) is 0.391. The van der Waals surface area contributed by atoms with Crippen molar-refractivity contribution in [3.63, 3.8) is 0 Å². The number of likely N-dealkylation sites (tertiary alicyclic amines) is 1. The number of ketones is 1. The van der Waals surface area contributed by atoms with Crippen molar-refractivity contribution in [1.82, 2.24) is 9.80 Å². The zero-order chi connectivity index (χ0) is 21.7. The molecule has 6 nitrogen and oxygen atoms in total. The SMILES string of the molecule is CCOc1cccc(/C(O)=C2\C(=O)C(=O)N(CCN(CC)CC)C2c2cccs2)c1. The fourth-order valence-corrected chi connectivity index (χ4v) is 4.54. The van der Waals surface area contributed by atoms with E-state index in [4.69, 9.17) is 4.74 Å². The summed E-state index contributed by atoms with van der Waals surface area (Å²) in [5, 5.41) is 13.0. The largest absolute Gasteiger partial charge is 0.507 e. The molecule has 1 N–H and O–H groups in total. The molecule has 3 rings (SSSR count). The van der Waals surface area contributed by atoms with Crippen LogP contribution in [0.1, 0.15) is 37.3 Å². The van der Waals surface area contributed by atoms with Crippen molar-refractivity contribution in [3.8, 4) is 5.75 Å². The lowest BCUT2D eigenvalue weighted by Crippen LogP contribution is -2.37. The summed E-state index contributed by atoms with van der Waals surface area (Å²) in [6, 6.07) is 10.2. The van der Waals surface area contributed by atoms with Gasteiger partial charge in [0.1, 0.15) is 11.5 Å². The van der Waals surface area contributed by atoms with Crippen molar-refractivity contribution in [3.05, 3.63) is 57.8 Å². The second-order valence-corrected chi connectivity index (χ2v) is 7.97. The van der Waals surface area contributed by atoms with Crippen LogP contribution in [0.5, 0.6) is 5.75 Å². The molecule has 7 heteroatoms. The minimum atomic E-state index is -0.646. The Morgan fingerprint density at radius 1 is 1.17 bits per heavy atom. The van der Waals surface area contributed by atoms with E-state index >= 15 is 0 Å². The predicted octanol–water partition coefficient (Wildman–Crippen LogP) is 3.91. The van der Waals surface area contributed by atoms with E-state index in [0.717, 1.165) is 18.0 Å². The van der Waals surface area contributed by atoms with E-state index in [-0.39, 0.29) is 11.3 Å². The smallest absolute Gasteiger partial charge is 0.295 e. The number of hydrogen-bond acceptors (Lipinski definition) is 6. The van der Waals surface area contributed by atoms with Gasteiger partial charge in [-0.1, -0.05) is 32.0 Å². The van der Waals surface area contributed by atoms with Crippen molar-refractivity contribution in [2.75, 3.05) is 32.8 Å². The van der Waals surface area contributed by atoms with Crippen LogP contribution in [0.25, 0.3) is 5.76 Å². The number of nitrogens with zero attached hydrogens (tertiary/aromatic N) is 2. The topological polar surface area (TPSA) is 70.1 Å². The maximum Gasteiger partial charge on any atom is 0.295 e. The van der Waals surface area contributed by atoms with Gasteiger partial charge in [-0.15, -0.1) is 11.3 Å². The molecule has 1 saturated heterocycles. The van der Waals surface area contributed by atoms with Crippen LogP contribution in [-0.2, 0) is 9.59 Å². The van der Waals surface area contributed by atoms with E-state index in [9.17, 15) is 14.7 Å². The minimum Gasteiger partial charge on any atom is -0.507 e. The number of ether oxygens (including phenoxy) is 1. The van der Waals surface area contributed by atoms with Crippen LogP contribution in [0.4, 0.5) is 0 Å². The average molecular weight is 429 g/mol. The molecule has 2 aromatic rings. The monoisotopic (exact) mass is 428 g/mol. The number of amides is 1. The lowest BCUT2D eigenvalue weighted by atomic mass is 9.99. The van der Waals surface area contributed by atoms with E-state index < -0.39 is 17.7 Å². The number of Topliss-reactive ketones (excluding diaryl/α,β-unsaturated/α-hetero) is 1. The third kappa shape index (κ3) is 4.42. The van der Waals surface area contributed by atoms with E-state index in [2.05, 4.69) is 18.7 Å². The molecule has 1 aromatic heterocycles. The number of carbonyl (C=O) groups excluding carboxylic acids is 2. The lowest BCUT2D eigenvalue weighted by Gasteiger charge is -2.27. The Kier molecular flexibility index (Phi) is 7.29. The maximum absolute atomic E-state index is 13.0. The molecule has 1 unspecified atom stereocenters.